The van der Waals surface area contributed by atoms with E-state index >= 15 is 0 Å². The topological polar surface area (TPSA) is 68.1 Å². The summed E-state index contributed by atoms with van der Waals surface area (Å²) in [5.74, 6) is -2.53. The van der Waals surface area contributed by atoms with E-state index in [2.05, 4.69) is 15.0 Å². The quantitative estimate of drug-likeness (QED) is 0.779. The number of phenolic OH excluding ortho intramolecular Hbond substituents is 1. The van der Waals surface area contributed by atoms with Crippen LogP contribution in [0.3, 0.4) is 0 Å². The van der Waals surface area contributed by atoms with Gasteiger partial charge in [0.05, 0.1) is 11.8 Å². The molecule has 2 aromatic heterocycles. The van der Waals surface area contributed by atoms with Crippen molar-refractivity contribution >= 4 is 0 Å². The molecule has 0 fully saturated rings. The van der Waals surface area contributed by atoms with Crippen LogP contribution in [0.25, 0.3) is 11.1 Å². The first-order valence-electron chi connectivity index (χ1n) is 7.06. The summed E-state index contributed by atoms with van der Waals surface area (Å²) in [6, 6.07) is 9.25. The first kappa shape index (κ1) is 15.8. The Morgan fingerprint density at radius 2 is 1.79 bits per heavy atom. The normalized spacial score (nSPS) is 11.3. The van der Waals surface area contributed by atoms with Gasteiger partial charge in [-0.05, 0) is 18.2 Å². The minimum atomic E-state index is -3.02. The number of aromatic hydroxyl groups is 1. The lowest BCUT2D eigenvalue weighted by molar-refractivity contribution is 0.0127. The van der Waals surface area contributed by atoms with Gasteiger partial charge in [-0.2, -0.15) is 8.78 Å². The Labute approximate surface area is 136 Å². The van der Waals surface area contributed by atoms with E-state index in [9.17, 15) is 13.9 Å². The van der Waals surface area contributed by atoms with Crippen molar-refractivity contribution in [1.82, 2.24) is 15.0 Å². The summed E-state index contributed by atoms with van der Waals surface area (Å²) < 4.78 is 32.0. The molecule has 1 aromatic carbocycles. The average molecular weight is 329 g/mol. The molecule has 7 heteroatoms. The first-order chi connectivity index (χ1) is 11.4. The van der Waals surface area contributed by atoms with Gasteiger partial charge in [-0.3, -0.25) is 4.98 Å². The Balaban J connectivity index is 1.93. The molecule has 0 saturated carbocycles. The van der Waals surface area contributed by atoms with Gasteiger partial charge in [0, 0.05) is 18.7 Å². The summed E-state index contributed by atoms with van der Waals surface area (Å²) in [5, 5.41) is 9.97. The standard InChI is InChI=1S/C17H13F2N3O2/c1-17(18,19)15-7-6-11(8-21-15)24-16-13(9-20-10-22-16)12-4-2-3-5-14(12)23/h2-10,23H,1H3. The van der Waals surface area contributed by atoms with Crippen LogP contribution in [0.4, 0.5) is 8.78 Å². The zero-order valence-corrected chi connectivity index (χ0v) is 12.6. The van der Waals surface area contributed by atoms with Gasteiger partial charge in [0.2, 0.25) is 5.88 Å². The van der Waals surface area contributed by atoms with Crippen LogP contribution in [-0.4, -0.2) is 20.1 Å². The molecule has 0 radical (unpaired) electrons. The minimum absolute atomic E-state index is 0.0521. The number of rotatable bonds is 4. The summed E-state index contributed by atoms with van der Waals surface area (Å²) in [6.07, 6.45) is 3.99. The third-order valence-electron chi connectivity index (χ3n) is 3.27. The number of alkyl halides is 2. The van der Waals surface area contributed by atoms with E-state index < -0.39 is 5.92 Å². The molecular formula is C17H13F2N3O2. The number of halogens is 2. The smallest absolute Gasteiger partial charge is 0.286 e. The summed E-state index contributed by atoms with van der Waals surface area (Å²) in [6.45, 7) is 0.774. The van der Waals surface area contributed by atoms with Gasteiger partial charge in [0.25, 0.3) is 5.92 Å². The van der Waals surface area contributed by atoms with E-state index in [0.717, 1.165) is 6.92 Å². The largest absolute Gasteiger partial charge is 0.507 e. The third-order valence-corrected chi connectivity index (χ3v) is 3.27. The summed E-state index contributed by atoms with van der Waals surface area (Å²) in [5.41, 5.74) is 0.622. The van der Waals surface area contributed by atoms with Crippen molar-refractivity contribution in [2.75, 3.05) is 0 Å². The highest BCUT2D eigenvalue weighted by Crippen LogP contribution is 2.35. The number of para-hydroxylation sites is 1. The number of ether oxygens (including phenoxy) is 1. The second-order valence-electron chi connectivity index (χ2n) is 5.13. The van der Waals surface area contributed by atoms with Crippen molar-refractivity contribution in [3.8, 4) is 28.5 Å². The molecule has 0 atom stereocenters. The maximum Gasteiger partial charge on any atom is 0.286 e. The van der Waals surface area contributed by atoms with Crippen LogP contribution in [0.1, 0.15) is 12.6 Å². The fraction of sp³-hybridized carbons (Fsp3) is 0.118. The van der Waals surface area contributed by atoms with Crippen molar-refractivity contribution < 1.29 is 18.6 Å². The number of hydrogen-bond donors (Lipinski definition) is 1. The molecule has 0 amide bonds. The molecular weight excluding hydrogens is 316 g/mol. The van der Waals surface area contributed by atoms with Gasteiger partial charge < -0.3 is 9.84 Å². The van der Waals surface area contributed by atoms with Gasteiger partial charge in [-0.25, -0.2) is 9.97 Å². The lowest BCUT2D eigenvalue weighted by atomic mass is 10.1. The molecule has 0 aliphatic heterocycles. The highest BCUT2D eigenvalue weighted by Gasteiger charge is 2.25. The molecule has 1 N–H and O–H groups in total. The summed E-state index contributed by atoms with van der Waals surface area (Å²) in [4.78, 5) is 11.7. The van der Waals surface area contributed by atoms with Crippen LogP contribution < -0.4 is 4.74 Å². The molecule has 3 aromatic rings. The Kier molecular flexibility index (Phi) is 4.07. The van der Waals surface area contributed by atoms with Gasteiger partial charge in [-0.1, -0.05) is 18.2 Å². The minimum Gasteiger partial charge on any atom is -0.507 e. The second-order valence-corrected chi connectivity index (χ2v) is 5.13. The molecule has 0 saturated heterocycles. The third kappa shape index (κ3) is 3.29. The monoisotopic (exact) mass is 329 g/mol. The zero-order chi connectivity index (χ0) is 17.2. The van der Waals surface area contributed by atoms with Crippen LogP contribution in [-0.2, 0) is 5.92 Å². The molecule has 2 heterocycles. The average Bonchev–Trinajstić information content (AvgIpc) is 2.56. The molecule has 0 unspecified atom stereocenters. The Morgan fingerprint density at radius 3 is 2.46 bits per heavy atom. The number of benzene rings is 1. The Bertz CT molecular complexity index is 849. The molecule has 122 valence electrons. The van der Waals surface area contributed by atoms with E-state index in [1.165, 1.54) is 36.9 Å². The van der Waals surface area contributed by atoms with E-state index in [0.29, 0.717) is 11.1 Å². The van der Waals surface area contributed by atoms with Gasteiger partial charge in [-0.15, -0.1) is 0 Å². The maximum absolute atomic E-state index is 13.2. The fourth-order valence-electron chi connectivity index (χ4n) is 2.10. The predicted molar refractivity (Wildman–Crippen MR) is 83.0 cm³/mol. The van der Waals surface area contributed by atoms with Crippen molar-refractivity contribution in [3.05, 3.63) is 60.8 Å². The van der Waals surface area contributed by atoms with E-state index in [1.54, 1.807) is 18.2 Å². The Morgan fingerprint density at radius 1 is 1.00 bits per heavy atom. The number of aromatic nitrogens is 3. The summed E-state index contributed by atoms with van der Waals surface area (Å²) >= 11 is 0. The molecule has 0 bridgehead atoms. The van der Waals surface area contributed by atoms with Gasteiger partial charge in [0.15, 0.2) is 0 Å². The van der Waals surface area contributed by atoms with Crippen LogP contribution in [0.2, 0.25) is 0 Å². The zero-order valence-electron chi connectivity index (χ0n) is 12.6. The fourth-order valence-corrected chi connectivity index (χ4v) is 2.10. The van der Waals surface area contributed by atoms with Gasteiger partial charge >= 0.3 is 0 Å². The van der Waals surface area contributed by atoms with Crippen LogP contribution >= 0.6 is 0 Å². The first-order valence-corrected chi connectivity index (χ1v) is 7.06. The number of phenols is 1. The summed E-state index contributed by atoms with van der Waals surface area (Å²) in [7, 11) is 0. The highest BCUT2D eigenvalue weighted by molar-refractivity contribution is 5.73. The number of pyridine rings is 1. The highest BCUT2D eigenvalue weighted by atomic mass is 19.3. The Hall–Kier alpha value is -3.09. The SMILES string of the molecule is CC(F)(F)c1ccc(Oc2ncncc2-c2ccccc2O)cn1. The molecule has 0 spiro atoms. The van der Waals surface area contributed by atoms with Crippen molar-refractivity contribution in [1.29, 1.82) is 0 Å². The predicted octanol–water partition coefficient (Wildman–Crippen LogP) is 4.15. The molecule has 5 nitrogen and oxygen atoms in total. The van der Waals surface area contributed by atoms with E-state index in [-0.39, 0.29) is 23.1 Å². The van der Waals surface area contributed by atoms with Crippen molar-refractivity contribution in [3.63, 3.8) is 0 Å². The number of nitrogens with zero attached hydrogens (tertiary/aromatic N) is 3. The van der Waals surface area contributed by atoms with Gasteiger partial charge in [0.1, 0.15) is 23.5 Å². The molecule has 0 aliphatic rings. The van der Waals surface area contributed by atoms with E-state index in [4.69, 9.17) is 4.74 Å². The van der Waals surface area contributed by atoms with Crippen molar-refractivity contribution in [2.24, 2.45) is 0 Å². The lowest BCUT2D eigenvalue weighted by Gasteiger charge is -2.12. The van der Waals surface area contributed by atoms with Crippen LogP contribution in [0.5, 0.6) is 17.4 Å². The lowest BCUT2D eigenvalue weighted by Crippen LogP contribution is -2.09. The van der Waals surface area contributed by atoms with Crippen LogP contribution in [0.15, 0.2) is 55.1 Å². The van der Waals surface area contributed by atoms with E-state index in [1.807, 2.05) is 0 Å². The second kappa shape index (κ2) is 6.19. The number of hydrogen-bond acceptors (Lipinski definition) is 5. The van der Waals surface area contributed by atoms with Crippen molar-refractivity contribution in [2.45, 2.75) is 12.8 Å². The van der Waals surface area contributed by atoms with Crippen LogP contribution in [0, 0.1) is 0 Å². The molecule has 0 aliphatic carbocycles. The molecule has 3 rings (SSSR count). The molecule has 24 heavy (non-hydrogen) atoms. The maximum atomic E-state index is 13.2.